The van der Waals surface area contributed by atoms with Gasteiger partial charge in [0.15, 0.2) is 5.69 Å². The molecular weight excluding hydrogens is 233 g/mol. The minimum atomic E-state index is -4.48. The van der Waals surface area contributed by atoms with Crippen molar-refractivity contribution in [3.8, 4) is 5.75 Å². The second-order valence-corrected chi connectivity index (χ2v) is 3.34. The first-order valence-corrected chi connectivity index (χ1v) is 4.97. The zero-order valence-electron chi connectivity index (χ0n) is 8.95. The number of aromatic nitrogens is 2. The molecule has 0 N–H and O–H groups in total. The molecule has 0 radical (unpaired) electrons. The second-order valence-electron chi connectivity index (χ2n) is 3.34. The summed E-state index contributed by atoms with van der Waals surface area (Å²) in [7, 11) is 0. The number of nitrogens with zero attached hydrogens (tertiary/aromatic N) is 2. The summed E-state index contributed by atoms with van der Waals surface area (Å²) in [5.74, 6) is 0.480. The van der Waals surface area contributed by atoms with E-state index in [1.165, 1.54) is 6.07 Å². The van der Waals surface area contributed by atoms with Crippen LogP contribution >= 0.6 is 0 Å². The topological polar surface area (TPSA) is 35.0 Å². The Morgan fingerprint density at radius 1 is 1.24 bits per heavy atom. The van der Waals surface area contributed by atoms with Crippen molar-refractivity contribution in [3.63, 3.8) is 0 Å². The molecule has 0 spiro atoms. The lowest BCUT2D eigenvalue weighted by atomic mass is 10.2. The summed E-state index contributed by atoms with van der Waals surface area (Å²) in [6.45, 7) is 2.24. The summed E-state index contributed by atoms with van der Waals surface area (Å²) < 4.78 is 42.5. The molecule has 17 heavy (non-hydrogen) atoms. The van der Waals surface area contributed by atoms with Crippen molar-refractivity contribution < 1.29 is 17.9 Å². The second kappa shape index (κ2) is 4.20. The Morgan fingerprint density at radius 3 is 2.65 bits per heavy atom. The number of benzene rings is 1. The summed E-state index contributed by atoms with van der Waals surface area (Å²) in [4.78, 5) is 7.23. The Balaban J connectivity index is 2.51. The molecule has 2 aromatic rings. The SMILES string of the molecule is CCOc1ccc2ncc(C(F)(F)F)nc2c1. The van der Waals surface area contributed by atoms with E-state index in [9.17, 15) is 13.2 Å². The van der Waals surface area contributed by atoms with E-state index in [0.717, 1.165) is 6.20 Å². The monoisotopic (exact) mass is 242 g/mol. The molecule has 0 unspecified atom stereocenters. The fourth-order valence-corrected chi connectivity index (χ4v) is 1.38. The van der Waals surface area contributed by atoms with E-state index in [-0.39, 0.29) is 5.52 Å². The number of hydrogen-bond donors (Lipinski definition) is 0. The van der Waals surface area contributed by atoms with Gasteiger partial charge in [0, 0.05) is 6.07 Å². The van der Waals surface area contributed by atoms with Gasteiger partial charge in [-0.15, -0.1) is 0 Å². The molecule has 1 heterocycles. The summed E-state index contributed by atoms with van der Waals surface area (Å²) in [6.07, 6.45) is -3.76. The van der Waals surface area contributed by atoms with Gasteiger partial charge in [0.2, 0.25) is 0 Å². The Labute approximate surface area is 95.3 Å². The van der Waals surface area contributed by atoms with Crippen LogP contribution in [0.15, 0.2) is 24.4 Å². The number of rotatable bonds is 2. The minimum absolute atomic E-state index is 0.172. The average Bonchev–Trinajstić information content (AvgIpc) is 2.27. The van der Waals surface area contributed by atoms with Gasteiger partial charge in [-0.2, -0.15) is 13.2 Å². The van der Waals surface area contributed by atoms with Crippen LogP contribution in [-0.4, -0.2) is 16.6 Å². The van der Waals surface area contributed by atoms with Crippen LogP contribution in [-0.2, 0) is 6.18 Å². The molecule has 2 rings (SSSR count). The summed E-state index contributed by atoms with van der Waals surface area (Å²) >= 11 is 0. The Bertz CT molecular complexity index is 540. The third kappa shape index (κ3) is 2.46. The first kappa shape index (κ1) is 11.6. The molecule has 0 atom stereocenters. The van der Waals surface area contributed by atoms with Crippen LogP contribution < -0.4 is 4.74 Å². The highest BCUT2D eigenvalue weighted by molar-refractivity contribution is 5.75. The van der Waals surface area contributed by atoms with E-state index in [4.69, 9.17) is 4.74 Å². The normalized spacial score (nSPS) is 11.8. The van der Waals surface area contributed by atoms with E-state index in [1.54, 1.807) is 19.1 Å². The van der Waals surface area contributed by atoms with Gasteiger partial charge >= 0.3 is 6.18 Å². The Kier molecular flexibility index (Phi) is 2.87. The summed E-state index contributed by atoms with van der Waals surface area (Å²) in [5.41, 5.74) is -0.425. The van der Waals surface area contributed by atoms with Gasteiger partial charge in [-0.1, -0.05) is 0 Å². The van der Waals surface area contributed by atoms with E-state index >= 15 is 0 Å². The van der Waals surface area contributed by atoms with Gasteiger partial charge < -0.3 is 4.74 Å². The highest BCUT2D eigenvalue weighted by Gasteiger charge is 2.33. The van der Waals surface area contributed by atoms with Crippen LogP contribution in [0.25, 0.3) is 11.0 Å². The summed E-state index contributed by atoms with van der Waals surface area (Å²) in [6, 6.07) is 4.67. The summed E-state index contributed by atoms with van der Waals surface area (Å²) in [5, 5.41) is 0. The standard InChI is InChI=1S/C11H9F3N2O/c1-2-17-7-3-4-8-9(5-7)16-10(6-15-8)11(12,13)14/h3-6H,2H2,1H3. The first-order valence-electron chi connectivity index (χ1n) is 4.97. The molecule has 0 saturated carbocycles. The lowest BCUT2D eigenvalue weighted by molar-refractivity contribution is -0.141. The molecule has 0 amide bonds. The van der Waals surface area contributed by atoms with Crippen molar-refractivity contribution in [2.75, 3.05) is 6.61 Å². The molecule has 0 saturated heterocycles. The van der Waals surface area contributed by atoms with Gasteiger partial charge in [-0.3, -0.25) is 4.98 Å². The number of ether oxygens (including phenoxy) is 1. The van der Waals surface area contributed by atoms with Crippen molar-refractivity contribution in [1.82, 2.24) is 9.97 Å². The molecule has 0 aliphatic carbocycles. The van der Waals surface area contributed by atoms with Crippen molar-refractivity contribution in [1.29, 1.82) is 0 Å². The molecule has 6 heteroatoms. The molecule has 0 fully saturated rings. The smallest absolute Gasteiger partial charge is 0.434 e. The molecule has 0 bridgehead atoms. The van der Waals surface area contributed by atoms with Crippen LogP contribution in [0, 0.1) is 0 Å². The highest BCUT2D eigenvalue weighted by Crippen LogP contribution is 2.28. The van der Waals surface area contributed by atoms with Crippen LogP contribution in [0.2, 0.25) is 0 Å². The quantitative estimate of drug-likeness (QED) is 0.811. The Morgan fingerprint density at radius 2 is 2.00 bits per heavy atom. The highest BCUT2D eigenvalue weighted by atomic mass is 19.4. The van der Waals surface area contributed by atoms with Gasteiger partial charge in [-0.25, -0.2) is 4.98 Å². The van der Waals surface area contributed by atoms with Crippen LogP contribution in [0.1, 0.15) is 12.6 Å². The zero-order valence-corrected chi connectivity index (χ0v) is 8.95. The first-order chi connectivity index (χ1) is 8.00. The number of alkyl halides is 3. The molecule has 1 aromatic heterocycles. The molecule has 3 nitrogen and oxygen atoms in total. The fourth-order valence-electron chi connectivity index (χ4n) is 1.38. The largest absolute Gasteiger partial charge is 0.494 e. The lowest BCUT2D eigenvalue weighted by Crippen LogP contribution is -2.08. The molecular formula is C11H9F3N2O. The van der Waals surface area contributed by atoms with Gasteiger partial charge in [0.05, 0.1) is 23.8 Å². The van der Waals surface area contributed by atoms with E-state index in [1.807, 2.05) is 0 Å². The molecule has 1 aromatic carbocycles. The maximum absolute atomic E-state index is 12.4. The molecule has 0 aliphatic rings. The van der Waals surface area contributed by atoms with Crippen molar-refractivity contribution >= 4 is 11.0 Å². The predicted octanol–water partition coefficient (Wildman–Crippen LogP) is 3.05. The maximum atomic E-state index is 12.4. The van der Waals surface area contributed by atoms with Crippen LogP contribution in [0.5, 0.6) is 5.75 Å². The van der Waals surface area contributed by atoms with E-state index in [0.29, 0.717) is 17.9 Å². The molecule has 90 valence electrons. The third-order valence-corrected chi connectivity index (χ3v) is 2.12. The maximum Gasteiger partial charge on any atom is 0.434 e. The van der Waals surface area contributed by atoms with Crippen LogP contribution in [0.3, 0.4) is 0 Å². The zero-order chi connectivity index (χ0) is 12.5. The number of fused-ring (bicyclic) bond motifs is 1. The number of halogens is 3. The lowest BCUT2D eigenvalue weighted by Gasteiger charge is -2.07. The van der Waals surface area contributed by atoms with Gasteiger partial charge in [0.25, 0.3) is 0 Å². The van der Waals surface area contributed by atoms with E-state index < -0.39 is 11.9 Å². The average molecular weight is 242 g/mol. The van der Waals surface area contributed by atoms with Gasteiger partial charge in [-0.05, 0) is 19.1 Å². The molecule has 0 aliphatic heterocycles. The minimum Gasteiger partial charge on any atom is -0.494 e. The van der Waals surface area contributed by atoms with Crippen molar-refractivity contribution in [3.05, 3.63) is 30.1 Å². The van der Waals surface area contributed by atoms with Crippen molar-refractivity contribution in [2.45, 2.75) is 13.1 Å². The Hall–Kier alpha value is -1.85. The van der Waals surface area contributed by atoms with Gasteiger partial charge in [0.1, 0.15) is 5.75 Å². The fraction of sp³-hybridized carbons (Fsp3) is 0.273. The third-order valence-electron chi connectivity index (χ3n) is 2.12. The van der Waals surface area contributed by atoms with E-state index in [2.05, 4.69) is 9.97 Å². The number of hydrogen-bond acceptors (Lipinski definition) is 3. The van der Waals surface area contributed by atoms with Crippen LogP contribution in [0.4, 0.5) is 13.2 Å². The van der Waals surface area contributed by atoms with Crippen molar-refractivity contribution in [2.24, 2.45) is 0 Å². The predicted molar refractivity (Wildman–Crippen MR) is 55.7 cm³/mol.